The Labute approximate surface area is 215 Å². The molecule has 14 nitrogen and oxygen atoms in total. The summed E-state index contributed by atoms with van der Waals surface area (Å²) in [6, 6.07) is 9.53. The van der Waals surface area contributed by atoms with Gasteiger partial charge >= 0.3 is 0 Å². The molecule has 38 heavy (non-hydrogen) atoms. The summed E-state index contributed by atoms with van der Waals surface area (Å²) in [4.78, 5) is 78.6. The number of nitro groups is 2. The van der Waals surface area contributed by atoms with E-state index in [4.69, 9.17) is 0 Å². The zero-order valence-electron chi connectivity index (χ0n) is 20.0. The molecule has 5 rings (SSSR count). The van der Waals surface area contributed by atoms with Gasteiger partial charge in [-0.1, -0.05) is 24.3 Å². The third-order valence-corrected chi connectivity index (χ3v) is 7.11. The highest BCUT2D eigenvalue weighted by molar-refractivity contribution is 6.24. The molecule has 0 bridgehead atoms. The van der Waals surface area contributed by atoms with Crippen LogP contribution in [-0.4, -0.2) is 81.5 Å². The van der Waals surface area contributed by atoms with Gasteiger partial charge in [-0.2, -0.15) is 0 Å². The molecule has 2 aromatic carbocycles. The molecule has 3 saturated heterocycles. The second kappa shape index (κ2) is 9.72. The molecule has 196 valence electrons. The molecule has 4 amide bonds. The van der Waals surface area contributed by atoms with Crippen molar-refractivity contribution >= 4 is 46.4 Å². The van der Waals surface area contributed by atoms with E-state index in [9.17, 15) is 39.4 Å². The maximum Gasteiger partial charge on any atom is 0.293 e. The minimum Gasteiger partial charge on any atom is -0.289 e. The molecule has 2 atom stereocenters. The average Bonchev–Trinajstić information content (AvgIpc) is 3.37. The lowest BCUT2D eigenvalue weighted by molar-refractivity contribution is -0.384. The van der Waals surface area contributed by atoms with Gasteiger partial charge in [-0.3, -0.25) is 49.2 Å². The number of hydrogen-bond acceptors (Lipinski definition) is 10. The van der Waals surface area contributed by atoms with Crippen molar-refractivity contribution in [3.05, 3.63) is 68.8 Å². The van der Waals surface area contributed by atoms with E-state index in [0.717, 1.165) is 9.80 Å². The van der Waals surface area contributed by atoms with E-state index in [0.29, 0.717) is 26.2 Å². The van der Waals surface area contributed by atoms with E-state index in [1.54, 1.807) is 9.80 Å². The summed E-state index contributed by atoms with van der Waals surface area (Å²) in [5.41, 5.74) is -0.822. The van der Waals surface area contributed by atoms with Crippen molar-refractivity contribution < 1.29 is 29.0 Å². The number of benzene rings is 2. The van der Waals surface area contributed by atoms with Crippen LogP contribution in [0.5, 0.6) is 0 Å². The van der Waals surface area contributed by atoms with Gasteiger partial charge in [0, 0.05) is 38.3 Å². The first-order chi connectivity index (χ1) is 18.2. The van der Waals surface area contributed by atoms with E-state index in [-0.39, 0.29) is 35.6 Å². The van der Waals surface area contributed by atoms with Gasteiger partial charge < -0.3 is 0 Å². The summed E-state index contributed by atoms with van der Waals surface area (Å²) in [6.07, 6.45) is -0.256. The van der Waals surface area contributed by atoms with Crippen LogP contribution in [0.15, 0.2) is 48.5 Å². The Morgan fingerprint density at radius 3 is 1.29 bits per heavy atom. The Morgan fingerprint density at radius 1 is 0.605 bits per heavy atom. The van der Waals surface area contributed by atoms with Gasteiger partial charge in [0.2, 0.25) is 11.8 Å². The third kappa shape index (κ3) is 4.18. The molecule has 0 aliphatic carbocycles. The van der Waals surface area contributed by atoms with Crippen molar-refractivity contribution in [1.82, 2.24) is 9.80 Å². The van der Waals surface area contributed by atoms with E-state index >= 15 is 0 Å². The fraction of sp³-hybridized carbons (Fsp3) is 0.333. The number of amides is 4. The number of rotatable bonds is 6. The van der Waals surface area contributed by atoms with Crippen LogP contribution in [0.2, 0.25) is 0 Å². The molecule has 14 heteroatoms. The van der Waals surface area contributed by atoms with Gasteiger partial charge in [-0.25, -0.2) is 9.80 Å². The molecular weight excluding hydrogens is 500 g/mol. The minimum atomic E-state index is -0.797. The smallest absolute Gasteiger partial charge is 0.289 e. The number of nitro benzene ring substituents is 2. The van der Waals surface area contributed by atoms with Crippen LogP contribution in [0, 0.1) is 20.2 Å². The molecule has 0 aromatic heterocycles. The predicted octanol–water partition coefficient (Wildman–Crippen LogP) is 1.08. The number of para-hydroxylation sites is 4. The van der Waals surface area contributed by atoms with Crippen molar-refractivity contribution in [2.45, 2.75) is 24.9 Å². The predicted molar refractivity (Wildman–Crippen MR) is 131 cm³/mol. The SMILES string of the molecule is O=C1CC(N2CCN(C3CC(=O)N(c4ccccc4[N+](=O)[O-])C3=O)CC2)C(=O)N1c1ccccc1[N+](=O)[O-]. The zero-order chi connectivity index (χ0) is 27.1. The normalized spacial score (nSPS) is 22.9. The van der Waals surface area contributed by atoms with Gasteiger partial charge in [0.05, 0.1) is 34.8 Å². The van der Waals surface area contributed by atoms with Crippen LogP contribution in [0.4, 0.5) is 22.7 Å². The lowest BCUT2D eigenvalue weighted by atomic mass is 10.1. The number of imide groups is 2. The topological polar surface area (TPSA) is 168 Å². The van der Waals surface area contributed by atoms with Gasteiger partial charge in [0.1, 0.15) is 11.4 Å². The first-order valence-electron chi connectivity index (χ1n) is 11.9. The van der Waals surface area contributed by atoms with Crippen LogP contribution in [-0.2, 0) is 19.2 Å². The number of anilines is 2. The molecule has 3 aliphatic heterocycles. The standard InChI is InChI=1S/C24H22N6O8/c31-21-13-19(23(33)27(21)15-5-1-3-7-17(15)29(35)36)25-9-11-26(12-10-25)20-14-22(32)28(24(20)34)16-6-2-4-8-18(16)30(37)38/h1-8,19-20H,9-14H2. The van der Waals surface area contributed by atoms with Crippen LogP contribution < -0.4 is 9.80 Å². The summed E-state index contributed by atoms with van der Waals surface area (Å²) < 4.78 is 0. The Kier molecular flexibility index (Phi) is 6.42. The summed E-state index contributed by atoms with van der Waals surface area (Å²) in [5, 5.41) is 22.8. The van der Waals surface area contributed by atoms with Crippen molar-refractivity contribution in [3.8, 4) is 0 Å². The average molecular weight is 522 g/mol. The zero-order valence-corrected chi connectivity index (χ0v) is 20.0. The molecule has 0 radical (unpaired) electrons. The van der Waals surface area contributed by atoms with Crippen molar-refractivity contribution in [2.75, 3.05) is 36.0 Å². The van der Waals surface area contributed by atoms with Crippen LogP contribution in [0.25, 0.3) is 0 Å². The van der Waals surface area contributed by atoms with Gasteiger partial charge in [-0.05, 0) is 12.1 Å². The fourth-order valence-electron chi connectivity index (χ4n) is 5.28. The minimum absolute atomic E-state index is 0.0706. The third-order valence-electron chi connectivity index (χ3n) is 7.11. The Bertz CT molecular complexity index is 1270. The molecule has 3 heterocycles. The Balaban J connectivity index is 1.27. The summed E-state index contributed by atoms with van der Waals surface area (Å²) in [6.45, 7) is 1.27. The first-order valence-corrected chi connectivity index (χ1v) is 11.9. The summed E-state index contributed by atoms with van der Waals surface area (Å²) >= 11 is 0. The first kappa shape index (κ1) is 25.1. The quantitative estimate of drug-likeness (QED) is 0.304. The fourth-order valence-corrected chi connectivity index (χ4v) is 5.28. The Hall–Kier alpha value is -4.56. The second-order valence-electron chi connectivity index (χ2n) is 9.14. The highest BCUT2D eigenvalue weighted by Gasteiger charge is 2.48. The van der Waals surface area contributed by atoms with E-state index in [1.807, 2.05) is 0 Å². The van der Waals surface area contributed by atoms with Crippen molar-refractivity contribution in [3.63, 3.8) is 0 Å². The van der Waals surface area contributed by atoms with E-state index in [2.05, 4.69) is 0 Å². The number of carbonyl (C=O) groups is 4. The molecule has 0 N–H and O–H groups in total. The molecule has 0 spiro atoms. The lowest BCUT2D eigenvalue weighted by Gasteiger charge is -2.38. The highest BCUT2D eigenvalue weighted by atomic mass is 16.6. The monoisotopic (exact) mass is 522 g/mol. The van der Waals surface area contributed by atoms with Crippen LogP contribution in [0.1, 0.15) is 12.8 Å². The lowest BCUT2D eigenvalue weighted by Crippen LogP contribution is -2.56. The highest BCUT2D eigenvalue weighted by Crippen LogP contribution is 2.35. The molecular formula is C24H22N6O8. The van der Waals surface area contributed by atoms with Gasteiger partial charge in [-0.15, -0.1) is 0 Å². The molecule has 3 aliphatic rings. The molecule has 3 fully saturated rings. The number of hydrogen-bond donors (Lipinski definition) is 0. The second-order valence-corrected chi connectivity index (χ2v) is 9.14. The van der Waals surface area contributed by atoms with Crippen LogP contribution in [0.3, 0.4) is 0 Å². The number of carbonyl (C=O) groups excluding carboxylic acids is 4. The number of piperazine rings is 1. The summed E-state index contributed by atoms with van der Waals surface area (Å²) in [5.74, 6) is -2.17. The van der Waals surface area contributed by atoms with Crippen LogP contribution >= 0.6 is 0 Å². The van der Waals surface area contributed by atoms with Gasteiger partial charge in [0.25, 0.3) is 23.2 Å². The van der Waals surface area contributed by atoms with E-state index in [1.165, 1.54) is 48.5 Å². The molecule has 2 aromatic rings. The molecule has 2 unspecified atom stereocenters. The van der Waals surface area contributed by atoms with Crippen molar-refractivity contribution in [2.24, 2.45) is 0 Å². The Morgan fingerprint density at radius 2 is 0.947 bits per heavy atom. The largest absolute Gasteiger partial charge is 0.293 e. The maximum absolute atomic E-state index is 13.2. The van der Waals surface area contributed by atoms with Crippen molar-refractivity contribution in [1.29, 1.82) is 0 Å². The maximum atomic E-state index is 13.2. The summed E-state index contributed by atoms with van der Waals surface area (Å²) in [7, 11) is 0. The molecule has 0 saturated carbocycles. The van der Waals surface area contributed by atoms with E-state index < -0.39 is 45.6 Å². The van der Waals surface area contributed by atoms with Gasteiger partial charge in [0.15, 0.2) is 0 Å². The number of nitrogens with zero attached hydrogens (tertiary/aromatic N) is 6.